The summed E-state index contributed by atoms with van der Waals surface area (Å²) in [6.07, 6.45) is 1.71. The average Bonchev–Trinajstić information content (AvgIpc) is 2.70. The molecule has 0 N–H and O–H groups in total. The molecule has 0 fully saturated rings. The van der Waals surface area contributed by atoms with Crippen molar-refractivity contribution in [1.82, 2.24) is 0 Å². The minimum Gasteiger partial charge on any atom is -0.308 e. The summed E-state index contributed by atoms with van der Waals surface area (Å²) in [4.78, 5) is 0. The molecule has 0 saturated carbocycles. The van der Waals surface area contributed by atoms with Crippen molar-refractivity contribution >= 4 is 7.60 Å². The Balaban J connectivity index is 1.59. The third-order valence-electron chi connectivity index (χ3n) is 4.26. The van der Waals surface area contributed by atoms with Crippen molar-refractivity contribution in [3.8, 4) is 0 Å². The SMILES string of the molecule is O=P(Cc1ccccc1)(OCCc1ccccc1)OCCc1ccccc1. The fourth-order valence-electron chi connectivity index (χ4n) is 2.83. The van der Waals surface area contributed by atoms with Crippen molar-refractivity contribution in [2.45, 2.75) is 19.0 Å². The van der Waals surface area contributed by atoms with Gasteiger partial charge in [-0.15, -0.1) is 0 Å². The molecule has 3 aromatic rings. The zero-order valence-corrected chi connectivity index (χ0v) is 16.3. The largest absolute Gasteiger partial charge is 0.335 e. The summed E-state index contributed by atoms with van der Waals surface area (Å²) >= 11 is 0. The molecule has 0 amide bonds. The van der Waals surface area contributed by atoms with Crippen LogP contribution in [0.25, 0.3) is 0 Å². The first kappa shape index (κ1) is 19.6. The first-order valence-corrected chi connectivity index (χ1v) is 11.0. The van der Waals surface area contributed by atoms with Gasteiger partial charge in [0, 0.05) is 0 Å². The highest BCUT2D eigenvalue weighted by Crippen LogP contribution is 2.51. The van der Waals surface area contributed by atoms with Gasteiger partial charge in [0.05, 0.1) is 19.4 Å². The maximum Gasteiger partial charge on any atom is 0.335 e. The molecule has 0 aliphatic heterocycles. The van der Waals surface area contributed by atoms with Crippen LogP contribution in [0.3, 0.4) is 0 Å². The lowest BCUT2D eigenvalue weighted by Crippen LogP contribution is -2.05. The van der Waals surface area contributed by atoms with E-state index in [1.807, 2.05) is 91.0 Å². The minimum atomic E-state index is -3.22. The van der Waals surface area contributed by atoms with E-state index < -0.39 is 7.60 Å². The Bertz CT molecular complexity index is 786. The molecular formula is C23H25O3P. The lowest BCUT2D eigenvalue weighted by Gasteiger charge is -2.19. The molecule has 0 spiro atoms. The van der Waals surface area contributed by atoms with E-state index in [4.69, 9.17) is 9.05 Å². The summed E-state index contributed by atoms with van der Waals surface area (Å²) in [5, 5.41) is 0. The van der Waals surface area contributed by atoms with E-state index in [0.717, 1.165) is 16.7 Å². The van der Waals surface area contributed by atoms with Crippen molar-refractivity contribution in [3.63, 3.8) is 0 Å². The molecule has 0 aromatic heterocycles. The van der Waals surface area contributed by atoms with Gasteiger partial charge in [-0.3, -0.25) is 4.57 Å². The van der Waals surface area contributed by atoms with Crippen LogP contribution >= 0.6 is 7.60 Å². The van der Waals surface area contributed by atoms with Crippen molar-refractivity contribution in [3.05, 3.63) is 108 Å². The Morgan fingerprint density at radius 2 is 0.926 bits per heavy atom. The predicted molar refractivity (Wildman–Crippen MR) is 110 cm³/mol. The fraction of sp³-hybridized carbons (Fsp3) is 0.217. The van der Waals surface area contributed by atoms with Gasteiger partial charge in [0.2, 0.25) is 0 Å². The van der Waals surface area contributed by atoms with Gasteiger partial charge in [-0.05, 0) is 29.5 Å². The topological polar surface area (TPSA) is 35.5 Å². The number of benzene rings is 3. The second-order valence-electron chi connectivity index (χ2n) is 6.39. The Morgan fingerprint density at radius 1 is 0.556 bits per heavy atom. The van der Waals surface area contributed by atoms with E-state index >= 15 is 0 Å². The Hall–Kier alpha value is -2.19. The van der Waals surface area contributed by atoms with E-state index in [0.29, 0.717) is 26.1 Å². The quantitative estimate of drug-likeness (QED) is 0.411. The lowest BCUT2D eigenvalue weighted by molar-refractivity contribution is 0.206. The second-order valence-corrected chi connectivity index (χ2v) is 8.45. The summed E-state index contributed by atoms with van der Waals surface area (Å²) in [5.41, 5.74) is 3.28. The molecule has 0 atom stereocenters. The van der Waals surface area contributed by atoms with Gasteiger partial charge in [-0.2, -0.15) is 0 Å². The molecule has 3 aromatic carbocycles. The third-order valence-corrected chi connectivity index (χ3v) is 6.17. The van der Waals surface area contributed by atoms with Crippen LogP contribution in [-0.2, 0) is 32.6 Å². The van der Waals surface area contributed by atoms with E-state index in [1.165, 1.54) is 0 Å². The summed E-state index contributed by atoms with van der Waals surface area (Å²) in [7, 11) is -3.22. The van der Waals surface area contributed by atoms with Gasteiger partial charge in [0.15, 0.2) is 0 Å². The van der Waals surface area contributed by atoms with Crippen LogP contribution in [0, 0.1) is 0 Å². The van der Waals surface area contributed by atoms with E-state index in [-0.39, 0.29) is 6.16 Å². The highest BCUT2D eigenvalue weighted by atomic mass is 31.2. The average molecular weight is 380 g/mol. The fourth-order valence-corrected chi connectivity index (χ4v) is 4.48. The summed E-state index contributed by atoms with van der Waals surface area (Å²) < 4.78 is 24.9. The molecule has 0 saturated heterocycles. The van der Waals surface area contributed by atoms with Crippen molar-refractivity contribution in [2.75, 3.05) is 13.2 Å². The first-order valence-electron chi connectivity index (χ1n) is 9.23. The van der Waals surface area contributed by atoms with E-state index in [1.54, 1.807) is 0 Å². The maximum absolute atomic E-state index is 13.3. The van der Waals surface area contributed by atoms with Gasteiger partial charge < -0.3 is 9.05 Å². The molecule has 0 aliphatic rings. The summed E-state index contributed by atoms with van der Waals surface area (Å²) in [6.45, 7) is 0.749. The summed E-state index contributed by atoms with van der Waals surface area (Å²) in [5.74, 6) is 0. The van der Waals surface area contributed by atoms with Crippen LogP contribution in [0.15, 0.2) is 91.0 Å². The van der Waals surface area contributed by atoms with Crippen LogP contribution in [0.1, 0.15) is 16.7 Å². The first-order chi connectivity index (χ1) is 13.2. The number of hydrogen-bond donors (Lipinski definition) is 0. The minimum absolute atomic E-state index is 0.289. The highest BCUT2D eigenvalue weighted by molar-refractivity contribution is 7.53. The van der Waals surface area contributed by atoms with E-state index in [9.17, 15) is 4.57 Å². The molecule has 0 bridgehead atoms. The Morgan fingerprint density at radius 3 is 1.33 bits per heavy atom. The van der Waals surface area contributed by atoms with Crippen molar-refractivity contribution < 1.29 is 13.6 Å². The molecule has 3 nitrogen and oxygen atoms in total. The standard InChI is InChI=1S/C23H25O3P/c24-27(20-23-14-8-3-9-15-23,25-18-16-21-10-4-1-5-11-21)26-19-17-22-12-6-2-7-13-22/h1-15H,16-20H2. The Kier molecular flexibility index (Phi) is 7.41. The van der Waals surface area contributed by atoms with E-state index in [2.05, 4.69) is 0 Å². The molecule has 0 radical (unpaired) electrons. The molecule has 3 rings (SSSR count). The normalized spacial score (nSPS) is 11.4. The molecule has 0 heterocycles. The molecule has 4 heteroatoms. The highest BCUT2D eigenvalue weighted by Gasteiger charge is 2.25. The van der Waals surface area contributed by atoms with Crippen molar-refractivity contribution in [1.29, 1.82) is 0 Å². The van der Waals surface area contributed by atoms with Crippen LogP contribution in [0.5, 0.6) is 0 Å². The molecular weight excluding hydrogens is 355 g/mol. The van der Waals surface area contributed by atoms with Crippen LogP contribution < -0.4 is 0 Å². The monoisotopic (exact) mass is 380 g/mol. The zero-order valence-electron chi connectivity index (χ0n) is 15.4. The predicted octanol–water partition coefficient (Wildman–Crippen LogP) is 5.90. The van der Waals surface area contributed by atoms with Gasteiger partial charge >= 0.3 is 7.60 Å². The molecule has 27 heavy (non-hydrogen) atoms. The Labute approximate surface area is 161 Å². The van der Waals surface area contributed by atoms with Crippen LogP contribution in [0.4, 0.5) is 0 Å². The van der Waals surface area contributed by atoms with Gasteiger partial charge in [0.25, 0.3) is 0 Å². The van der Waals surface area contributed by atoms with Gasteiger partial charge in [-0.25, -0.2) is 0 Å². The second kappa shape index (κ2) is 10.2. The zero-order chi connectivity index (χ0) is 18.8. The van der Waals surface area contributed by atoms with Crippen molar-refractivity contribution in [2.24, 2.45) is 0 Å². The van der Waals surface area contributed by atoms with Gasteiger partial charge in [-0.1, -0.05) is 91.0 Å². The molecule has 0 unspecified atom stereocenters. The summed E-state index contributed by atoms with van der Waals surface area (Å²) in [6, 6.07) is 29.8. The smallest absolute Gasteiger partial charge is 0.308 e. The number of hydrogen-bond acceptors (Lipinski definition) is 3. The van der Waals surface area contributed by atoms with Crippen LogP contribution in [0.2, 0.25) is 0 Å². The maximum atomic E-state index is 13.3. The number of rotatable bonds is 10. The third kappa shape index (κ3) is 6.80. The molecule has 0 aliphatic carbocycles. The molecule has 140 valence electrons. The van der Waals surface area contributed by atoms with Gasteiger partial charge in [0.1, 0.15) is 0 Å². The lowest BCUT2D eigenvalue weighted by atomic mass is 10.2. The van der Waals surface area contributed by atoms with Crippen LogP contribution in [-0.4, -0.2) is 13.2 Å².